The van der Waals surface area contributed by atoms with Crippen LogP contribution in [0.15, 0.2) is 60.8 Å². The highest BCUT2D eigenvalue weighted by molar-refractivity contribution is 6.01. The van der Waals surface area contributed by atoms with Crippen molar-refractivity contribution in [1.82, 2.24) is 9.78 Å². The molecular weight excluding hydrogens is 420 g/mol. The van der Waals surface area contributed by atoms with Crippen molar-refractivity contribution >= 4 is 17.3 Å². The molecule has 0 saturated carbocycles. The van der Waals surface area contributed by atoms with Crippen LogP contribution in [0.2, 0.25) is 0 Å². The third kappa shape index (κ3) is 4.36. The first-order valence-corrected chi connectivity index (χ1v) is 12.4. The van der Waals surface area contributed by atoms with E-state index in [1.165, 1.54) is 16.8 Å². The molecule has 3 aromatic rings. The van der Waals surface area contributed by atoms with E-state index in [1.54, 1.807) is 6.20 Å². The van der Waals surface area contributed by atoms with E-state index in [0.717, 1.165) is 25.1 Å². The molecule has 1 N–H and O–H groups in total. The van der Waals surface area contributed by atoms with E-state index in [2.05, 4.69) is 91.5 Å². The number of ketones is 1. The van der Waals surface area contributed by atoms with Crippen molar-refractivity contribution in [3.8, 4) is 0 Å². The summed E-state index contributed by atoms with van der Waals surface area (Å²) >= 11 is 0. The molecule has 1 aromatic heterocycles. The number of carbonyl (C=O) groups excluding carboxylic acids is 1. The van der Waals surface area contributed by atoms with Gasteiger partial charge in [0, 0.05) is 31.6 Å². The van der Waals surface area contributed by atoms with Crippen molar-refractivity contribution in [2.75, 3.05) is 24.3 Å². The number of rotatable bonds is 8. The Morgan fingerprint density at radius 3 is 2.32 bits per heavy atom. The van der Waals surface area contributed by atoms with Gasteiger partial charge >= 0.3 is 0 Å². The molecule has 2 heterocycles. The van der Waals surface area contributed by atoms with E-state index in [0.29, 0.717) is 12.0 Å². The molecule has 0 spiro atoms. The molecule has 0 aliphatic carbocycles. The van der Waals surface area contributed by atoms with Gasteiger partial charge in [0.15, 0.2) is 5.78 Å². The second-order valence-electron chi connectivity index (χ2n) is 10.5. The zero-order valence-electron chi connectivity index (χ0n) is 21.4. The molecule has 34 heavy (non-hydrogen) atoms. The van der Waals surface area contributed by atoms with Gasteiger partial charge in [0.2, 0.25) is 0 Å². The Labute approximate surface area is 204 Å². The third-order valence-corrected chi connectivity index (χ3v) is 7.71. The molecule has 0 fully saturated rings. The summed E-state index contributed by atoms with van der Waals surface area (Å²) < 4.78 is 2.01. The van der Waals surface area contributed by atoms with E-state index in [1.807, 2.05) is 24.8 Å². The number of hydrogen-bond acceptors (Lipinski definition) is 4. The topological polar surface area (TPSA) is 50.2 Å². The lowest BCUT2D eigenvalue weighted by Gasteiger charge is -2.38. The molecular formula is C29H38N4O. The van der Waals surface area contributed by atoms with Crippen molar-refractivity contribution in [1.29, 1.82) is 0 Å². The Morgan fingerprint density at radius 1 is 1.09 bits per heavy atom. The average molecular weight is 459 g/mol. The van der Waals surface area contributed by atoms with Gasteiger partial charge in [0.05, 0.1) is 23.3 Å². The fourth-order valence-electron chi connectivity index (χ4n) is 5.36. The predicted octanol–water partition coefficient (Wildman–Crippen LogP) is 6.57. The minimum atomic E-state index is -0.195. The normalized spacial score (nSPS) is 17.1. The molecule has 1 aliphatic rings. The van der Waals surface area contributed by atoms with Crippen molar-refractivity contribution in [3.05, 3.63) is 77.5 Å². The van der Waals surface area contributed by atoms with Crippen molar-refractivity contribution < 1.29 is 4.79 Å². The molecule has 1 unspecified atom stereocenters. The lowest BCUT2D eigenvalue weighted by molar-refractivity contribution is 0.0944. The summed E-state index contributed by atoms with van der Waals surface area (Å²) in [7, 11) is 4.09. The summed E-state index contributed by atoms with van der Waals surface area (Å²) in [5, 5.41) is 8.33. The molecule has 0 amide bonds. The second kappa shape index (κ2) is 9.28. The maximum absolute atomic E-state index is 13.8. The smallest absolute Gasteiger partial charge is 0.169 e. The van der Waals surface area contributed by atoms with Crippen LogP contribution in [-0.2, 0) is 11.0 Å². The van der Waals surface area contributed by atoms with Gasteiger partial charge in [-0.2, -0.15) is 5.10 Å². The predicted molar refractivity (Wildman–Crippen MR) is 141 cm³/mol. The summed E-state index contributed by atoms with van der Waals surface area (Å²) in [5.74, 6) is 0.998. The molecule has 0 bridgehead atoms. The first-order valence-electron chi connectivity index (χ1n) is 12.4. The van der Waals surface area contributed by atoms with Gasteiger partial charge in [0.25, 0.3) is 0 Å². The third-order valence-electron chi connectivity index (χ3n) is 7.71. The summed E-state index contributed by atoms with van der Waals surface area (Å²) in [6.45, 7) is 8.78. The highest BCUT2D eigenvalue weighted by Crippen LogP contribution is 2.42. The number of anilines is 2. The zero-order valence-corrected chi connectivity index (χ0v) is 21.4. The van der Waals surface area contributed by atoms with Gasteiger partial charge in [-0.1, -0.05) is 56.3 Å². The number of carbonyl (C=O) groups is 1. The van der Waals surface area contributed by atoms with Crippen LogP contribution < -0.4 is 10.2 Å². The van der Waals surface area contributed by atoms with Crippen LogP contribution in [0, 0.1) is 0 Å². The molecule has 180 valence electrons. The van der Waals surface area contributed by atoms with E-state index in [9.17, 15) is 4.79 Å². The Kier molecular flexibility index (Phi) is 6.57. The van der Waals surface area contributed by atoms with Gasteiger partial charge in [-0.25, -0.2) is 4.68 Å². The Bertz CT molecular complexity index is 1120. The number of aromatic nitrogens is 2. The summed E-state index contributed by atoms with van der Waals surface area (Å²) in [6.07, 6.45) is 4.96. The summed E-state index contributed by atoms with van der Waals surface area (Å²) in [6, 6.07) is 19.3. The Hall–Kier alpha value is -3.08. The summed E-state index contributed by atoms with van der Waals surface area (Å²) in [5.41, 5.74) is 3.95. The molecule has 4 rings (SSSR count). The maximum atomic E-state index is 13.8. The van der Waals surface area contributed by atoms with Gasteiger partial charge in [-0.05, 0) is 56.4 Å². The molecule has 0 radical (unpaired) electrons. The molecule has 2 aromatic carbocycles. The van der Waals surface area contributed by atoms with Crippen LogP contribution in [-0.4, -0.2) is 29.7 Å². The number of nitrogens with one attached hydrogen (secondary N) is 1. The molecule has 5 nitrogen and oxygen atoms in total. The average Bonchev–Trinajstić information content (AvgIpc) is 3.28. The fourth-order valence-corrected chi connectivity index (χ4v) is 5.36. The monoisotopic (exact) mass is 458 g/mol. The molecule has 5 heteroatoms. The lowest BCUT2D eigenvalue weighted by Crippen LogP contribution is -2.38. The zero-order chi connectivity index (χ0) is 24.5. The van der Waals surface area contributed by atoms with E-state index < -0.39 is 0 Å². The second-order valence-corrected chi connectivity index (χ2v) is 10.5. The maximum Gasteiger partial charge on any atom is 0.169 e. The number of nitrogens with zero attached hydrogens (tertiary/aromatic N) is 3. The van der Waals surface area contributed by atoms with Gasteiger partial charge < -0.3 is 10.2 Å². The quantitative estimate of drug-likeness (QED) is 0.388. The number of Topliss-reactive ketones (excluding diaryl/α,β-unsaturated/α-hetero) is 1. The highest BCUT2D eigenvalue weighted by Gasteiger charge is 2.38. The van der Waals surface area contributed by atoms with Crippen LogP contribution in [0.4, 0.5) is 11.5 Å². The first-order chi connectivity index (χ1) is 16.2. The largest absolute Gasteiger partial charge is 0.378 e. The Balaban J connectivity index is 1.65. The van der Waals surface area contributed by atoms with Crippen molar-refractivity contribution in [2.24, 2.45) is 0 Å². The number of fused-ring (bicyclic) bond motifs is 1. The van der Waals surface area contributed by atoms with Crippen molar-refractivity contribution in [3.63, 3.8) is 0 Å². The highest BCUT2D eigenvalue weighted by atomic mass is 16.1. The van der Waals surface area contributed by atoms with E-state index in [-0.39, 0.29) is 22.8 Å². The lowest BCUT2D eigenvalue weighted by atomic mass is 9.71. The van der Waals surface area contributed by atoms with Gasteiger partial charge in [-0.15, -0.1) is 0 Å². The van der Waals surface area contributed by atoms with Crippen LogP contribution in [0.25, 0.3) is 0 Å². The van der Waals surface area contributed by atoms with Crippen LogP contribution in [0.5, 0.6) is 0 Å². The number of benzene rings is 2. The van der Waals surface area contributed by atoms with Gasteiger partial charge in [0.1, 0.15) is 5.82 Å². The number of hydrogen-bond donors (Lipinski definition) is 1. The van der Waals surface area contributed by atoms with Crippen molar-refractivity contribution in [2.45, 2.75) is 70.4 Å². The van der Waals surface area contributed by atoms with Crippen LogP contribution in [0.1, 0.15) is 80.9 Å². The molecule has 1 atom stereocenters. The SMILES string of the molecule is CCC(CC)(CC(=O)c1cnn2c1NC(c1ccccc1)CC2(C)C)c1ccc(N(C)C)cc1. The Morgan fingerprint density at radius 2 is 1.74 bits per heavy atom. The van der Waals surface area contributed by atoms with Crippen LogP contribution >= 0.6 is 0 Å². The van der Waals surface area contributed by atoms with Crippen LogP contribution in [0.3, 0.4) is 0 Å². The standard InChI is InChI=1S/C29H38N4O/c1-7-29(8-2,22-14-16-23(17-15-22)32(5)6)19-26(34)24-20-30-33-27(24)31-25(18-28(33,3)4)21-12-10-9-11-13-21/h9-17,20,25,31H,7-8,18-19H2,1-6H3. The minimum absolute atomic E-state index is 0.146. The van der Waals surface area contributed by atoms with Gasteiger partial charge in [-0.3, -0.25) is 4.79 Å². The minimum Gasteiger partial charge on any atom is -0.378 e. The summed E-state index contributed by atoms with van der Waals surface area (Å²) in [4.78, 5) is 15.9. The fraction of sp³-hybridized carbons (Fsp3) is 0.448. The van der Waals surface area contributed by atoms with E-state index in [4.69, 9.17) is 0 Å². The molecule has 1 aliphatic heterocycles. The van der Waals surface area contributed by atoms with E-state index >= 15 is 0 Å². The molecule has 0 saturated heterocycles. The first kappa shape index (κ1) is 24.1.